The molecule has 2 aromatic heterocycles. The van der Waals surface area contributed by atoms with Crippen LogP contribution in [0.1, 0.15) is 39.4 Å². The average Bonchev–Trinajstić information content (AvgIpc) is 3.11. The summed E-state index contributed by atoms with van der Waals surface area (Å²) in [6, 6.07) is 4.82. The second-order valence-corrected chi connectivity index (χ2v) is 8.40. The molecule has 0 N–H and O–H groups in total. The number of Topliss-reactive ketones (excluding diaryl/α,β-unsaturated/α-hetero) is 1. The third kappa shape index (κ3) is 3.56. The molecule has 0 saturated carbocycles. The molecule has 4 rings (SSSR count). The first-order valence-electron chi connectivity index (χ1n) is 10.00. The molecule has 3 aromatic rings. The van der Waals surface area contributed by atoms with Gasteiger partial charge in [-0.05, 0) is 44.5 Å². The topological polar surface area (TPSA) is 108 Å². The van der Waals surface area contributed by atoms with Crippen molar-refractivity contribution < 1.29 is 23.9 Å². The molecule has 1 amide bonds. The Morgan fingerprint density at radius 3 is 2.75 bits per heavy atom. The number of carbonyl (C=O) groups is 3. The van der Waals surface area contributed by atoms with Gasteiger partial charge in [0.05, 0.1) is 30.6 Å². The van der Waals surface area contributed by atoms with Gasteiger partial charge in [-0.1, -0.05) is 0 Å². The van der Waals surface area contributed by atoms with Gasteiger partial charge in [-0.15, -0.1) is 11.3 Å². The van der Waals surface area contributed by atoms with Crippen LogP contribution in [-0.2, 0) is 16.1 Å². The molecular weight excluding hydrogens is 434 g/mol. The summed E-state index contributed by atoms with van der Waals surface area (Å²) in [6.45, 7) is 5.02. The number of thiophene rings is 1. The van der Waals surface area contributed by atoms with E-state index in [0.29, 0.717) is 37.7 Å². The quantitative estimate of drug-likeness (QED) is 0.430. The molecule has 10 heteroatoms. The van der Waals surface area contributed by atoms with Crippen LogP contribution in [0, 0.1) is 6.92 Å². The van der Waals surface area contributed by atoms with Gasteiger partial charge in [0.1, 0.15) is 15.5 Å². The fourth-order valence-electron chi connectivity index (χ4n) is 3.59. The molecule has 1 aliphatic rings. The van der Waals surface area contributed by atoms with Crippen LogP contribution in [0.2, 0.25) is 0 Å². The lowest BCUT2D eigenvalue weighted by molar-refractivity contribution is -0.125. The highest BCUT2D eigenvalue weighted by molar-refractivity contribution is 7.20. The van der Waals surface area contributed by atoms with Gasteiger partial charge in [-0.3, -0.25) is 19.0 Å². The highest BCUT2D eigenvalue weighted by Gasteiger charge is 2.29. The van der Waals surface area contributed by atoms with Crippen LogP contribution >= 0.6 is 11.3 Å². The van der Waals surface area contributed by atoms with Crippen molar-refractivity contribution in [1.82, 2.24) is 9.55 Å². The van der Waals surface area contributed by atoms with Crippen molar-refractivity contribution in [1.29, 1.82) is 0 Å². The van der Waals surface area contributed by atoms with E-state index >= 15 is 0 Å². The fraction of sp³-hybridized carbons (Fsp3) is 0.318. The van der Waals surface area contributed by atoms with Crippen molar-refractivity contribution >= 4 is 44.9 Å². The van der Waals surface area contributed by atoms with Gasteiger partial charge in [0.25, 0.3) is 11.5 Å². The molecule has 0 bridgehead atoms. The first-order valence-corrected chi connectivity index (χ1v) is 10.8. The van der Waals surface area contributed by atoms with Crippen molar-refractivity contribution in [3.63, 3.8) is 0 Å². The van der Waals surface area contributed by atoms with E-state index < -0.39 is 17.6 Å². The number of hydrogen-bond acceptors (Lipinski definition) is 8. The van der Waals surface area contributed by atoms with Crippen molar-refractivity contribution in [3.8, 4) is 5.75 Å². The van der Waals surface area contributed by atoms with Gasteiger partial charge in [-0.2, -0.15) is 0 Å². The molecule has 9 nitrogen and oxygen atoms in total. The standard InChI is InChI=1S/C22H21N3O6S/c1-5-30-22(29)18-11(2)17-19(32-18)23-10-25(21(17)28)9-15(26)13-6-7-16-14(8-13)24(4)20(27)12(3)31-16/h6-8,10,12H,5,9H2,1-4H3. The van der Waals surface area contributed by atoms with Gasteiger partial charge < -0.3 is 14.4 Å². The summed E-state index contributed by atoms with van der Waals surface area (Å²) in [5.74, 6) is -0.525. The Morgan fingerprint density at radius 1 is 1.28 bits per heavy atom. The Labute approximate surface area is 187 Å². The number of amides is 1. The predicted octanol–water partition coefficient (Wildman–Crippen LogP) is 2.57. The number of anilines is 1. The van der Waals surface area contributed by atoms with Gasteiger partial charge in [0.15, 0.2) is 11.9 Å². The summed E-state index contributed by atoms with van der Waals surface area (Å²) in [6.07, 6.45) is 0.700. The Morgan fingerprint density at radius 2 is 2.03 bits per heavy atom. The van der Waals surface area contributed by atoms with E-state index in [1.807, 2.05) is 0 Å². The number of aryl methyl sites for hydroxylation is 1. The number of ketones is 1. The molecule has 0 saturated heterocycles. The number of nitrogens with zero attached hydrogens (tertiary/aromatic N) is 3. The van der Waals surface area contributed by atoms with Gasteiger partial charge in [-0.25, -0.2) is 9.78 Å². The first-order chi connectivity index (χ1) is 15.2. The lowest BCUT2D eigenvalue weighted by Crippen LogP contribution is -2.42. The number of aromatic nitrogens is 2. The Balaban J connectivity index is 1.66. The summed E-state index contributed by atoms with van der Waals surface area (Å²) in [5.41, 5.74) is 0.911. The zero-order valence-corrected chi connectivity index (χ0v) is 18.8. The number of rotatable bonds is 5. The van der Waals surface area contributed by atoms with Crippen molar-refractivity contribution in [2.45, 2.75) is 33.4 Å². The fourth-order valence-corrected chi connectivity index (χ4v) is 4.63. The SMILES string of the molecule is CCOC(=O)c1sc2ncn(CC(=O)c3ccc4c(c3)N(C)C(=O)C(C)O4)c(=O)c2c1C. The Kier molecular flexibility index (Phi) is 5.55. The third-order valence-electron chi connectivity index (χ3n) is 5.32. The normalized spacial score (nSPS) is 15.4. The zero-order valence-electron chi connectivity index (χ0n) is 18.0. The van der Waals surface area contributed by atoms with Crippen LogP contribution in [0.15, 0.2) is 29.3 Å². The maximum atomic E-state index is 13.0. The van der Waals surface area contributed by atoms with E-state index in [1.165, 1.54) is 15.8 Å². The molecule has 3 heterocycles. The smallest absolute Gasteiger partial charge is 0.348 e. The number of likely N-dealkylation sites (N-methyl/N-ethyl adjacent to an activating group) is 1. The molecule has 0 radical (unpaired) electrons. The van der Waals surface area contributed by atoms with Crippen molar-refractivity contribution in [3.05, 3.63) is 50.9 Å². The van der Waals surface area contributed by atoms with E-state index in [1.54, 1.807) is 46.0 Å². The highest BCUT2D eigenvalue weighted by atomic mass is 32.1. The second kappa shape index (κ2) is 8.19. The Bertz CT molecular complexity index is 1330. The van der Waals surface area contributed by atoms with Gasteiger partial charge in [0.2, 0.25) is 0 Å². The molecule has 32 heavy (non-hydrogen) atoms. The predicted molar refractivity (Wildman–Crippen MR) is 119 cm³/mol. The summed E-state index contributed by atoms with van der Waals surface area (Å²) >= 11 is 1.09. The zero-order chi connectivity index (χ0) is 23.2. The minimum atomic E-state index is -0.598. The number of ether oxygens (including phenoxy) is 2. The minimum Gasteiger partial charge on any atom is -0.479 e. The van der Waals surface area contributed by atoms with Crippen LogP contribution < -0.4 is 15.2 Å². The van der Waals surface area contributed by atoms with Crippen LogP contribution in [-0.4, -0.2) is 47.0 Å². The molecule has 0 aliphatic carbocycles. The molecule has 166 valence electrons. The summed E-state index contributed by atoms with van der Waals surface area (Å²) in [7, 11) is 1.62. The molecule has 0 spiro atoms. The maximum Gasteiger partial charge on any atom is 0.348 e. The van der Waals surface area contributed by atoms with Crippen LogP contribution in [0.4, 0.5) is 5.69 Å². The summed E-state index contributed by atoms with van der Waals surface area (Å²) in [4.78, 5) is 56.7. The summed E-state index contributed by atoms with van der Waals surface area (Å²) < 4.78 is 11.8. The number of carbonyl (C=O) groups excluding carboxylic acids is 3. The number of benzene rings is 1. The largest absolute Gasteiger partial charge is 0.479 e. The highest BCUT2D eigenvalue weighted by Crippen LogP contribution is 2.34. The third-order valence-corrected chi connectivity index (χ3v) is 6.50. The molecule has 1 unspecified atom stereocenters. The molecule has 1 aliphatic heterocycles. The van der Waals surface area contributed by atoms with Gasteiger partial charge >= 0.3 is 5.97 Å². The molecular formula is C22H21N3O6S. The van der Waals surface area contributed by atoms with Crippen LogP contribution in [0.25, 0.3) is 10.2 Å². The minimum absolute atomic E-state index is 0.210. The second-order valence-electron chi connectivity index (χ2n) is 7.40. The van der Waals surface area contributed by atoms with E-state index in [4.69, 9.17) is 9.47 Å². The van der Waals surface area contributed by atoms with E-state index in [0.717, 1.165) is 11.3 Å². The van der Waals surface area contributed by atoms with Gasteiger partial charge in [0, 0.05) is 12.6 Å². The molecule has 1 aromatic carbocycles. The summed E-state index contributed by atoms with van der Waals surface area (Å²) in [5, 5.41) is 0.298. The lowest BCUT2D eigenvalue weighted by atomic mass is 10.1. The van der Waals surface area contributed by atoms with Crippen molar-refractivity contribution in [2.75, 3.05) is 18.6 Å². The molecule has 0 fully saturated rings. The van der Waals surface area contributed by atoms with E-state index in [-0.39, 0.29) is 24.8 Å². The lowest BCUT2D eigenvalue weighted by Gasteiger charge is -2.30. The molecule has 1 atom stereocenters. The van der Waals surface area contributed by atoms with Crippen LogP contribution in [0.5, 0.6) is 5.75 Å². The van der Waals surface area contributed by atoms with E-state index in [2.05, 4.69) is 4.98 Å². The Hall–Kier alpha value is -3.53. The number of fused-ring (bicyclic) bond motifs is 2. The number of esters is 1. The number of hydrogen-bond donors (Lipinski definition) is 0. The monoisotopic (exact) mass is 455 g/mol. The maximum absolute atomic E-state index is 13.0. The van der Waals surface area contributed by atoms with E-state index in [9.17, 15) is 19.2 Å². The first kappa shape index (κ1) is 21.7. The average molecular weight is 455 g/mol. The van der Waals surface area contributed by atoms with Crippen molar-refractivity contribution in [2.24, 2.45) is 0 Å². The van der Waals surface area contributed by atoms with Crippen LogP contribution in [0.3, 0.4) is 0 Å².